The minimum atomic E-state index is -4.28. The summed E-state index contributed by atoms with van der Waals surface area (Å²) in [4.78, 5) is 9.22. The van der Waals surface area contributed by atoms with E-state index in [0.717, 1.165) is 6.42 Å². The van der Waals surface area contributed by atoms with Crippen molar-refractivity contribution < 1.29 is 13.2 Å². The van der Waals surface area contributed by atoms with E-state index in [2.05, 4.69) is 15.4 Å². The van der Waals surface area contributed by atoms with Gasteiger partial charge in [0.15, 0.2) is 0 Å². The van der Waals surface area contributed by atoms with Gasteiger partial charge in [-0.1, -0.05) is 20.3 Å². The highest BCUT2D eigenvalue weighted by Gasteiger charge is 2.32. The molecule has 5 nitrogen and oxygen atoms in total. The predicted octanol–water partition coefficient (Wildman–Crippen LogP) is 2.49. The van der Waals surface area contributed by atoms with Crippen molar-refractivity contribution in [2.24, 2.45) is 5.84 Å². The molecule has 20 heavy (non-hydrogen) atoms. The summed E-state index contributed by atoms with van der Waals surface area (Å²) in [6.07, 6.45) is -1.13. The van der Waals surface area contributed by atoms with Crippen LogP contribution in [-0.2, 0) is 6.42 Å². The molecular weight excluding hydrogens is 271 g/mol. The molecule has 0 aliphatic rings. The average molecular weight is 291 g/mol. The molecule has 0 amide bonds. The molecule has 0 aromatic carbocycles. The quantitative estimate of drug-likeness (QED) is 0.597. The number of hydrogen-bond acceptors (Lipinski definition) is 5. The number of nitrogens with zero attached hydrogens (tertiary/aromatic N) is 3. The van der Waals surface area contributed by atoms with E-state index in [4.69, 9.17) is 5.84 Å². The van der Waals surface area contributed by atoms with Crippen LogP contribution in [0.15, 0.2) is 6.33 Å². The number of rotatable bonds is 7. The van der Waals surface area contributed by atoms with Crippen molar-refractivity contribution in [3.8, 4) is 0 Å². The summed E-state index contributed by atoms with van der Waals surface area (Å²) in [5.41, 5.74) is 3.04. The lowest BCUT2D eigenvalue weighted by molar-refractivity contribution is -0.119. The fourth-order valence-corrected chi connectivity index (χ4v) is 2.03. The number of nitrogen functional groups attached to an aromatic ring is 1. The number of nitrogens with two attached hydrogens (primary N) is 1. The number of aromatic nitrogens is 2. The molecule has 0 spiro atoms. The van der Waals surface area contributed by atoms with Crippen molar-refractivity contribution in [3.05, 3.63) is 11.9 Å². The van der Waals surface area contributed by atoms with E-state index in [-0.39, 0.29) is 6.54 Å². The number of hydrogen-bond donors (Lipinski definition) is 2. The number of alkyl halides is 3. The van der Waals surface area contributed by atoms with Crippen LogP contribution < -0.4 is 16.2 Å². The average Bonchev–Trinajstić information content (AvgIpc) is 2.37. The van der Waals surface area contributed by atoms with E-state index in [1.807, 2.05) is 13.8 Å². The summed E-state index contributed by atoms with van der Waals surface area (Å²) in [5, 5.41) is 0. The zero-order valence-electron chi connectivity index (χ0n) is 11.7. The molecule has 0 aliphatic carbocycles. The minimum Gasteiger partial charge on any atom is -0.347 e. The highest BCUT2D eigenvalue weighted by molar-refractivity contribution is 5.58. The summed E-state index contributed by atoms with van der Waals surface area (Å²) >= 11 is 0. The van der Waals surface area contributed by atoms with Crippen LogP contribution in [0, 0.1) is 0 Å². The van der Waals surface area contributed by atoms with E-state index < -0.39 is 12.7 Å². The van der Waals surface area contributed by atoms with Gasteiger partial charge in [-0.15, -0.1) is 0 Å². The van der Waals surface area contributed by atoms with Crippen molar-refractivity contribution >= 4 is 11.6 Å². The topological polar surface area (TPSA) is 67.1 Å². The molecule has 0 saturated heterocycles. The van der Waals surface area contributed by atoms with Crippen molar-refractivity contribution in [1.29, 1.82) is 0 Å². The molecule has 1 aromatic heterocycles. The third-order valence-electron chi connectivity index (χ3n) is 2.72. The van der Waals surface area contributed by atoms with Crippen LogP contribution >= 0.6 is 0 Å². The molecule has 0 aliphatic heterocycles. The monoisotopic (exact) mass is 291 g/mol. The van der Waals surface area contributed by atoms with Crippen LogP contribution in [0.1, 0.15) is 32.3 Å². The van der Waals surface area contributed by atoms with Gasteiger partial charge in [-0.2, -0.15) is 13.2 Å². The van der Waals surface area contributed by atoms with Gasteiger partial charge in [0.1, 0.15) is 24.5 Å². The first kappa shape index (κ1) is 16.5. The van der Waals surface area contributed by atoms with Gasteiger partial charge in [0, 0.05) is 12.1 Å². The number of anilines is 2. The van der Waals surface area contributed by atoms with Gasteiger partial charge >= 0.3 is 6.18 Å². The smallest absolute Gasteiger partial charge is 0.347 e. The predicted molar refractivity (Wildman–Crippen MR) is 72.4 cm³/mol. The Kier molecular flexibility index (Phi) is 6.00. The summed E-state index contributed by atoms with van der Waals surface area (Å²) in [6, 6.07) is 0. The Labute approximate surface area is 116 Å². The van der Waals surface area contributed by atoms with Crippen molar-refractivity contribution in [3.63, 3.8) is 0 Å². The first-order valence-electron chi connectivity index (χ1n) is 6.55. The fourth-order valence-electron chi connectivity index (χ4n) is 2.03. The largest absolute Gasteiger partial charge is 0.405 e. The van der Waals surface area contributed by atoms with E-state index in [0.29, 0.717) is 30.0 Å². The van der Waals surface area contributed by atoms with Gasteiger partial charge in [-0.3, -0.25) is 0 Å². The Balaban J connectivity index is 3.17. The summed E-state index contributed by atoms with van der Waals surface area (Å²) in [5.74, 6) is 6.05. The first-order chi connectivity index (χ1) is 9.42. The maximum absolute atomic E-state index is 12.7. The van der Waals surface area contributed by atoms with Gasteiger partial charge < -0.3 is 10.3 Å². The standard InChI is InChI=1S/C12H20F3N5/c1-3-5-9-10(19-16)17-8-18-11(9)20(6-4-2)7-12(13,14)15/h8H,3-7,16H2,1-2H3,(H,17,18,19). The van der Waals surface area contributed by atoms with Crippen LogP contribution in [0.5, 0.6) is 0 Å². The lowest BCUT2D eigenvalue weighted by Crippen LogP contribution is -2.36. The van der Waals surface area contributed by atoms with Crippen molar-refractivity contribution in [1.82, 2.24) is 9.97 Å². The van der Waals surface area contributed by atoms with Gasteiger partial charge in [0.2, 0.25) is 0 Å². The molecular formula is C12H20F3N5. The Bertz CT molecular complexity index is 422. The summed E-state index contributed by atoms with van der Waals surface area (Å²) in [6.45, 7) is 3.01. The molecule has 8 heteroatoms. The minimum absolute atomic E-state index is 0.275. The lowest BCUT2D eigenvalue weighted by atomic mass is 10.1. The van der Waals surface area contributed by atoms with Crippen LogP contribution in [0.25, 0.3) is 0 Å². The van der Waals surface area contributed by atoms with Crippen LogP contribution in [-0.4, -0.2) is 29.2 Å². The van der Waals surface area contributed by atoms with Crippen LogP contribution in [0.2, 0.25) is 0 Å². The maximum Gasteiger partial charge on any atom is 0.405 e. The Morgan fingerprint density at radius 3 is 2.45 bits per heavy atom. The van der Waals surface area contributed by atoms with E-state index in [9.17, 15) is 13.2 Å². The molecule has 0 fully saturated rings. The number of nitrogens with one attached hydrogen (secondary N) is 1. The maximum atomic E-state index is 12.7. The van der Waals surface area contributed by atoms with Gasteiger partial charge in [-0.05, 0) is 12.8 Å². The molecule has 1 aromatic rings. The first-order valence-corrected chi connectivity index (χ1v) is 6.55. The summed E-state index contributed by atoms with van der Waals surface area (Å²) in [7, 11) is 0. The molecule has 0 saturated carbocycles. The van der Waals surface area contributed by atoms with Gasteiger partial charge in [0.05, 0.1) is 0 Å². The van der Waals surface area contributed by atoms with Gasteiger partial charge in [0.25, 0.3) is 0 Å². The Hall–Kier alpha value is -1.57. The third kappa shape index (κ3) is 4.52. The van der Waals surface area contributed by atoms with E-state index in [1.54, 1.807) is 0 Å². The normalized spacial score (nSPS) is 11.5. The molecule has 0 unspecified atom stereocenters. The molecule has 3 N–H and O–H groups in total. The van der Waals surface area contributed by atoms with Gasteiger partial charge in [-0.25, -0.2) is 15.8 Å². The van der Waals surface area contributed by atoms with Crippen LogP contribution in [0.4, 0.5) is 24.8 Å². The third-order valence-corrected chi connectivity index (χ3v) is 2.72. The van der Waals surface area contributed by atoms with Crippen LogP contribution in [0.3, 0.4) is 0 Å². The second-order valence-corrected chi connectivity index (χ2v) is 4.46. The van der Waals surface area contributed by atoms with E-state index >= 15 is 0 Å². The highest BCUT2D eigenvalue weighted by atomic mass is 19.4. The van der Waals surface area contributed by atoms with Crippen molar-refractivity contribution in [2.75, 3.05) is 23.4 Å². The molecule has 0 atom stereocenters. The Morgan fingerprint density at radius 2 is 1.95 bits per heavy atom. The number of hydrazine groups is 1. The zero-order valence-corrected chi connectivity index (χ0v) is 11.7. The molecule has 114 valence electrons. The SMILES string of the molecule is CCCc1c(NN)ncnc1N(CCC)CC(F)(F)F. The lowest BCUT2D eigenvalue weighted by Gasteiger charge is -2.27. The molecule has 0 bridgehead atoms. The summed E-state index contributed by atoms with van der Waals surface area (Å²) < 4.78 is 38.1. The highest BCUT2D eigenvalue weighted by Crippen LogP contribution is 2.27. The zero-order chi connectivity index (χ0) is 15.2. The molecule has 0 radical (unpaired) electrons. The molecule has 1 heterocycles. The Morgan fingerprint density at radius 1 is 1.25 bits per heavy atom. The van der Waals surface area contributed by atoms with Crippen molar-refractivity contribution in [2.45, 2.75) is 39.3 Å². The second kappa shape index (κ2) is 7.28. The number of halogens is 3. The second-order valence-electron chi connectivity index (χ2n) is 4.46. The fraction of sp³-hybridized carbons (Fsp3) is 0.667. The molecule has 1 rings (SSSR count). The van der Waals surface area contributed by atoms with E-state index in [1.165, 1.54) is 11.2 Å².